The lowest BCUT2D eigenvalue weighted by Gasteiger charge is -2.20. The molecule has 0 saturated heterocycles. The van der Waals surface area contributed by atoms with E-state index in [-0.39, 0.29) is 4.90 Å². The molecule has 2 heterocycles. The fraction of sp³-hybridized carbons (Fsp3) is 0.273. The smallest absolute Gasteiger partial charge is 0.343 e. The van der Waals surface area contributed by atoms with Gasteiger partial charge in [-0.15, -0.1) is 0 Å². The second kappa shape index (κ2) is 8.81. The number of rotatable bonds is 7. The maximum atomic E-state index is 12.4. The summed E-state index contributed by atoms with van der Waals surface area (Å²) in [5.41, 5.74) is 2.24. The van der Waals surface area contributed by atoms with Crippen LogP contribution < -0.4 is 15.1 Å². The summed E-state index contributed by atoms with van der Waals surface area (Å²) in [7, 11) is -0.930. The van der Waals surface area contributed by atoms with Crippen LogP contribution in [0, 0.1) is 0 Å². The van der Waals surface area contributed by atoms with Crippen molar-refractivity contribution in [1.82, 2.24) is 0 Å². The minimum absolute atomic E-state index is 0.0545. The zero-order chi connectivity index (χ0) is 21.9. The highest BCUT2D eigenvalue weighted by molar-refractivity contribution is 7.86. The molecule has 0 N–H and O–H groups in total. The van der Waals surface area contributed by atoms with Gasteiger partial charge in [-0.05, 0) is 44.2 Å². The Morgan fingerprint density at radius 1 is 1.10 bits per heavy atom. The van der Waals surface area contributed by atoms with Crippen molar-refractivity contribution < 1.29 is 21.6 Å². The second-order valence-corrected chi connectivity index (χ2v) is 8.45. The Kier molecular flexibility index (Phi) is 6.38. The van der Waals surface area contributed by atoms with Crippen molar-refractivity contribution in [2.75, 3.05) is 25.1 Å². The molecule has 2 aromatic heterocycles. The van der Waals surface area contributed by atoms with E-state index in [1.54, 1.807) is 35.9 Å². The normalized spacial score (nSPS) is 12.0. The van der Waals surface area contributed by atoms with Gasteiger partial charge in [-0.2, -0.15) is 8.42 Å². The van der Waals surface area contributed by atoms with Gasteiger partial charge in [0.05, 0.1) is 12.7 Å². The van der Waals surface area contributed by atoms with Gasteiger partial charge in [-0.25, -0.2) is 9.36 Å². The van der Waals surface area contributed by atoms with Gasteiger partial charge >= 0.3 is 15.7 Å². The third kappa shape index (κ3) is 4.44. The zero-order valence-corrected chi connectivity index (χ0v) is 18.3. The molecule has 3 rings (SSSR count). The molecule has 30 heavy (non-hydrogen) atoms. The summed E-state index contributed by atoms with van der Waals surface area (Å²) in [6.07, 6.45) is 4.84. The quantitative estimate of drug-likeness (QED) is 0.326. The molecule has 0 atom stereocenters. The molecule has 7 nitrogen and oxygen atoms in total. The number of aromatic nitrogens is 1. The van der Waals surface area contributed by atoms with Gasteiger partial charge in [0.1, 0.15) is 12.6 Å². The number of hydrogen-bond donors (Lipinski definition) is 0. The molecule has 0 amide bonds. The van der Waals surface area contributed by atoms with Crippen LogP contribution in [0.15, 0.2) is 56.7 Å². The highest BCUT2D eigenvalue weighted by Gasteiger charge is 2.18. The van der Waals surface area contributed by atoms with Crippen molar-refractivity contribution in [2.24, 2.45) is 7.05 Å². The average molecular weight is 430 g/mol. The monoisotopic (exact) mass is 429 g/mol. The molecule has 0 radical (unpaired) electrons. The molecule has 0 unspecified atom stereocenters. The number of pyridine rings is 1. The van der Waals surface area contributed by atoms with E-state index < -0.39 is 15.7 Å². The Hall–Kier alpha value is -2.97. The summed E-state index contributed by atoms with van der Waals surface area (Å²) in [5, 5.41) is 0.830. The summed E-state index contributed by atoms with van der Waals surface area (Å²) in [6, 6.07) is 10.7. The Labute approximate surface area is 176 Å². The molecular weight excluding hydrogens is 404 g/mol. The molecule has 0 aliphatic rings. The van der Waals surface area contributed by atoms with Crippen LogP contribution in [0.1, 0.15) is 25.1 Å². The zero-order valence-electron chi connectivity index (χ0n) is 17.5. The van der Waals surface area contributed by atoms with E-state index in [0.29, 0.717) is 16.8 Å². The van der Waals surface area contributed by atoms with Gasteiger partial charge in [0.15, 0.2) is 11.1 Å². The molecule has 0 saturated carbocycles. The van der Waals surface area contributed by atoms with E-state index in [2.05, 4.69) is 22.9 Å². The van der Waals surface area contributed by atoms with Crippen LogP contribution in [0.2, 0.25) is 0 Å². The molecule has 1 aromatic carbocycles. The van der Waals surface area contributed by atoms with Crippen LogP contribution in [0.5, 0.6) is 0 Å². The molecule has 0 fully saturated rings. The minimum atomic E-state index is -3.76. The minimum Gasteiger partial charge on any atom is -0.422 e. The maximum Gasteiger partial charge on any atom is 0.343 e. The van der Waals surface area contributed by atoms with Crippen molar-refractivity contribution in [3.05, 3.63) is 64.3 Å². The molecule has 8 heteroatoms. The average Bonchev–Trinajstić information content (AvgIpc) is 2.73. The standard InChI is InChI=1S/C22H25N2O5S/c1-5-24(6-2)19-10-7-16-13-17(22(25)29-21(16)14-19)8-9-18-11-12-20(15-23(18)3)30(26,27)28-4/h7-15H,5-6H2,1-4H3/q+1. The van der Waals surface area contributed by atoms with E-state index in [1.165, 1.54) is 12.3 Å². The highest BCUT2D eigenvalue weighted by atomic mass is 32.2. The Morgan fingerprint density at radius 2 is 1.83 bits per heavy atom. The third-order valence-electron chi connectivity index (χ3n) is 4.96. The summed E-state index contributed by atoms with van der Waals surface area (Å²) in [4.78, 5) is 14.7. The predicted molar refractivity (Wildman–Crippen MR) is 117 cm³/mol. The number of nitrogens with zero attached hydrogens (tertiary/aromatic N) is 2. The van der Waals surface area contributed by atoms with Gasteiger partial charge in [0, 0.05) is 42.4 Å². The van der Waals surface area contributed by atoms with Gasteiger partial charge in [-0.1, -0.05) is 0 Å². The lowest BCUT2D eigenvalue weighted by atomic mass is 10.1. The number of fused-ring (bicyclic) bond motifs is 1. The first kappa shape index (κ1) is 21.7. The number of aryl methyl sites for hydroxylation is 1. The maximum absolute atomic E-state index is 12.4. The van der Waals surface area contributed by atoms with E-state index >= 15 is 0 Å². The van der Waals surface area contributed by atoms with Crippen molar-refractivity contribution in [3.63, 3.8) is 0 Å². The van der Waals surface area contributed by atoms with Gasteiger partial charge in [0.2, 0.25) is 5.69 Å². The first-order chi connectivity index (χ1) is 14.3. The van der Waals surface area contributed by atoms with Crippen molar-refractivity contribution >= 4 is 38.9 Å². The molecule has 158 valence electrons. The van der Waals surface area contributed by atoms with Crippen LogP contribution in [0.3, 0.4) is 0 Å². The molecule has 0 aliphatic heterocycles. The fourth-order valence-corrected chi connectivity index (χ4v) is 3.92. The Balaban J connectivity index is 1.94. The number of hydrogen-bond acceptors (Lipinski definition) is 6. The van der Waals surface area contributed by atoms with E-state index in [9.17, 15) is 13.2 Å². The summed E-state index contributed by atoms with van der Waals surface area (Å²) in [6.45, 7) is 5.90. The van der Waals surface area contributed by atoms with Crippen molar-refractivity contribution in [3.8, 4) is 0 Å². The van der Waals surface area contributed by atoms with Gasteiger partial charge in [0.25, 0.3) is 0 Å². The van der Waals surface area contributed by atoms with Gasteiger partial charge < -0.3 is 9.32 Å². The van der Waals surface area contributed by atoms with Crippen LogP contribution in [-0.2, 0) is 21.3 Å². The molecule has 0 bridgehead atoms. The third-order valence-corrected chi connectivity index (χ3v) is 6.22. The van der Waals surface area contributed by atoms with Crippen LogP contribution in [0.25, 0.3) is 23.1 Å². The van der Waals surface area contributed by atoms with E-state index in [0.717, 1.165) is 31.3 Å². The molecule has 0 aliphatic carbocycles. The largest absolute Gasteiger partial charge is 0.422 e. The lowest BCUT2D eigenvalue weighted by molar-refractivity contribution is -0.675. The predicted octanol–water partition coefficient (Wildman–Crippen LogP) is 2.97. The first-order valence-electron chi connectivity index (χ1n) is 9.60. The lowest BCUT2D eigenvalue weighted by Crippen LogP contribution is -2.32. The number of anilines is 1. The first-order valence-corrected chi connectivity index (χ1v) is 11.0. The fourth-order valence-electron chi connectivity index (χ4n) is 3.20. The number of benzene rings is 1. The van der Waals surface area contributed by atoms with Crippen LogP contribution in [0.4, 0.5) is 5.69 Å². The van der Waals surface area contributed by atoms with E-state index in [1.807, 2.05) is 18.2 Å². The molecular formula is C22H25N2O5S+. The van der Waals surface area contributed by atoms with Crippen LogP contribution >= 0.6 is 0 Å². The van der Waals surface area contributed by atoms with Crippen molar-refractivity contribution in [2.45, 2.75) is 18.7 Å². The Morgan fingerprint density at radius 3 is 2.47 bits per heavy atom. The molecule has 0 spiro atoms. The van der Waals surface area contributed by atoms with Gasteiger partial charge in [-0.3, -0.25) is 4.18 Å². The topological polar surface area (TPSA) is 80.7 Å². The SMILES string of the molecule is CCN(CC)c1ccc2cc(/C=C/c3ccc(S(=O)(=O)OC)c[n+]3C)c(=O)oc2c1. The summed E-state index contributed by atoms with van der Waals surface area (Å²) >= 11 is 0. The highest BCUT2D eigenvalue weighted by Crippen LogP contribution is 2.22. The molecule has 3 aromatic rings. The van der Waals surface area contributed by atoms with Crippen LogP contribution in [-0.4, -0.2) is 28.6 Å². The van der Waals surface area contributed by atoms with E-state index in [4.69, 9.17) is 4.42 Å². The summed E-state index contributed by atoms with van der Waals surface area (Å²) < 4.78 is 35.3. The second-order valence-electron chi connectivity index (χ2n) is 6.74. The van der Waals surface area contributed by atoms with Crippen molar-refractivity contribution in [1.29, 1.82) is 0 Å². The summed E-state index contributed by atoms with van der Waals surface area (Å²) in [5.74, 6) is 0. The Bertz CT molecular complexity index is 1260.